The Morgan fingerprint density at radius 3 is 2.57 bits per heavy atom. The number of benzene rings is 1. The van der Waals surface area contributed by atoms with Crippen LogP contribution in [0.2, 0.25) is 0 Å². The van der Waals surface area contributed by atoms with E-state index in [0.717, 1.165) is 6.07 Å². The van der Waals surface area contributed by atoms with Gasteiger partial charge in [-0.3, -0.25) is 4.79 Å². The lowest BCUT2D eigenvalue weighted by Gasteiger charge is -2.15. The number of hydrogen-bond acceptors (Lipinski definition) is 3. The molecule has 0 aliphatic rings. The standard InChI is InChI=1S/C12H13BrFN3O4/c13-6-2-1-3-7(14)10(6)17-12(21)16-8(11(19)20)4-5-9(15)18/h1-3,8H,4-5H2,(H2,15,18)(H,19,20)(H2,16,17,21)/t8-/m0/s1. The maximum absolute atomic E-state index is 13.5. The van der Waals surface area contributed by atoms with Crippen LogP contribution >= 0.6 is 15.9 Å². The summed E-state index contributed by atoms with van der Waals surface area (Å²) < 4.78 is 13.8. The smallest absolute Gasteiger partial charge is 0.326 e. The van der Waals surface area contributed by atoms with Crippen LogP contribution in [0.3, 0.4) is 0 Å². The minimum Gasteiger partial charge on any atom is -0.480 e. The van der Waals surface area contributed by atoms with Gasteiger partial charge in [-0.15, -0.1) is 0 Å². The molecule has 5 N–H and O–H groups in total. The van der Waals surface area contributed by atoms with Crippen LogP contribution in [0.4, 0.5) is 14.9 Å². The number of carboxylic acid groups (broad SMARTS) is 1. The Hall–Kier alpha value is -2.16. The molecule has 3 amide bonds. The Morgan fingerprint density at radius 2 is 2.05 bits per heavy atom. The van der Waals surface area contributed by atoms with Gasteiger partial charge in [-0.2, -0.15) is 0 Å². The largest absolute Gasteiger partial charge is 0.480 e. The number of primary amides is 1. The number of urea groups is 1. The molecule has 0 heterocycles. The Balaban J connectivity index is 2.70. The summed E-state index contributed by atoms with van der Waals surface area (Å²) in [5, 5.41) is 13.3. The highest BCUT2D eigenvalue weighted by Gasteiger charge is 2.21. The van der Waals surface area contributed by atoms with Gasteiger partial charge in [0.1, 0.15) is 11.9 Å². The molecule has 0 aliphatic heterocycles. The monoisotopic (exact) mass is 361 g/mol. The fourth-order valence-electron chi connectivity index (χ4n) is 1.47. The molecular weight excluding hydrogens is 349 g/mol. The lowest BCUT2D eigenvalue weighted by molar-refractivity contribution is -0.139. The summed E-state index contributed by atoms with van der Waals surface area (Å²) in [6.07, 6.45) is -0.350. The minimum atomic E-state index is -1.32. The van der Waals surface area contributed by atoms with Crippen LogP contribution in [0.15, 0.2) is 22.7 Å². The number of amides is 3. The van der Waals surface area contributed by atoms with Crippen molar-refractivity contribution in [1.82, 2.24) is 5.32 Å². The molecule has 0 saturated heterocycles. The summed E-state index contributed by atoms with van der Waals surface area (Å²) >= 11 is 3.06. The average molecular weight is 362 g/mol. The van der Waals surface area contributed by atoms with Crippen LogP contribution in [0, 0.1) is 5.82 Å². The first-order valence-corrected chi connectivity index (χ1v) is 6.63. The Bertz CT molecular complexity index is 547. The Morgan fingerprint density at radius 1 is 1.38 bits per heavy atom. The van der Waals surface area contributed by atoms with Crippen molar-refractivity contribution < 1.29 is 23.9 Å². The van der Waals surface area contributed by atoms with E-state index in [0.29, 0.717) is 4.47 Å². The summed E-state index contributed by atoms with van der Waals surface area (Å²) in [5.74, 6) is -2.68. The van der Waals surface area contributed by atoms with Crippen LogP contribution in [0.5, 0.6) is 0 Å². The van der Waals surface area contributed by atoms with E-state index in [-0.39, 0.29) is 18.5 Å². The first-order chi connectivity index (χ1) is 9.81. The van der Waals surface area contributed by atoms with E-state index < -0.39 is 29.8 Å². The number of carbonyl (C=O) groups excluding carboxylic acids is 2. The fraction of sp³-hybridized carbons (Fsp3) is 0.250. The van der Waals surface area contributed by atoms with Crippen LogP contribution < -0.4 is 16.4 Å². The maximum Gasteiger partial charge on any atom is 0.326 e. The third-order valence-electron chi connectivity index (χ3n) is 2.48. The number of nitrogens with one attached hydrogen (secondary N) is 2. The SMILES string of the molecule is NC(=O)CC[C@H](NC(=O)Nc1c(F)cccc1Br)C(=O)O. The van der Waals surface area contributed by atoms with Gasteiger partial charge in [-0.05, 0) is 34.5 Å². The molecule has 0 spiro atoms. The molecule has 0 aliphatic carbocycles. The fourth-order valence-corrected chi connectivity index (χ4v) is 1.91. The van der Waals surface area contributed by atoms with Gasteiger partial charge < -0.3 is 21.5 Å². The first-order valence-electron chi connectivity index (χ1n) is 5.84. The molecule has 114 valence electrons. The zero-order valence-electron chi connectivity index (χ0n) is 10.7. The molecule has 0 bridgehead atoms. The van der Waals surface area contributed by atoms with Crippen molar-refractivity contribution in [2.75, 3.05) is 5.32 Å². The topological polar surface area (TPSA) is 122 Å². The van der Waals surface area contributed by atoms with Crippen LogP contribution in [0.1, 0.15) is 12.8 Å². The highest BCUT2D eigenvalue weighted by atomic mass is 79.9. The molecule has 1 aromatic rings. The average Bonchev–Trinajstić information content (AvgIpc) is 2.38. The number of hydrogen-bond donors (Lipinski definition) is 4. The van der Waals surface area contributed by atoms with Gasteiger partial charge in [0.2, 0.25) is 5.91 Å². The Kier molecular flexibility index (Phi) is 6.10. The van der Waals surface area contributed by atoms with E-state index >= 15 is 0 Å². The number of carboxylic acids is 1. The minimum absolute atomic E-state index is 0.117. The van der Waals surface area contributed by atoms with Crippen molar-refractivity contribution in [3.05, 3.63) is 28.5 Å². The van der Waals surface area contributed by atoms with Gasteiger partial charge in [-0.25, -0.2) is 14.0 Å². The quantitative estimate of drug-likeness (QED) is 0.612. The number of nitrogens with two attached hydrogens (primary N) is 1. The van der Waals surface area contributed by atoms with Gasteiger partial charge in [0.15, 0.2) is 0 Å². The van der Waals surface area contributed by atoms with Gasteiger partial charge in [0, 0.05) is 10.9 Å². The lowest BCUT2D eigenvalue weighted by atomic mass is 10.1. The molecule has 0 aromatic heterocycles. The molecule has 1 rings (SSSR count). The van der Waals surface area contributed by atoms with Crippen molar-refractivity contribution in [3.8, 4) is 0 Å². The zero-order chi connectivity index (χ0) is 16.0. The predicted octanol–water partition coefficient (Wildman–Crippen LogP) is 1.43. The van der Waals surface area contributed by atoms with Crippen molar-refractivity contribution in [1.29, 1.82) is 0 Å². The van der Waals surface area contributed by atoms with Gasteiger partial charge in [0.25, 0.3) is 0 Å². The van der Waals surface area contributed by atoms with Gasteiger partial charge in [-0.1, -0.05) is 6.07 Å². The van der Waals surface area contributed by atoms with E-state index in [1.807, 2.05) is 0 Å². The normalized spacial score (nSPS) is 11.5. The summed E-state index contributed by atoms with van der Waals surface area (Å²) in [6, 6.07) is 1.89. The van der Waals surface area contributed by atoms with Crippen LogP contribution in [0.25, 0.3) is 0 Å². The van der Waals surface area contributed by atoms with E-state index in [1.54, 1.807) is 0 Å². The summed E-state index contributed by atoms with van der Waals surface area (Å²) in [4.78, 5) is 33.3. The number of halogens is 2. The molecule has 0 radical (unpaired) electrons. The molecule has 7 nitrogen and oxygen atoms in total. The van der Waals surface area contributed by atoms with Gasteiger partial charge in [0.05, 0.1) is 5.69 Å². The molecule has 0 fully saturated rings. The van der Waals surface area contributed by atoms with E-state index in [4.69, 9.17) is 10.8 Å². The third-order valence-corrected chi connectivity index (χ3v) is 3.14. The molecule has 1 aromatic carbocycles. The Labute approximate surface area is 127 Å². The van der Waals surface area contributed by atoms with E-state index in [2.05, 4.69) is 26.6 Å². The highest BCUT2D eigenvalue weighted by Crippen LogP contribution is 2.24. The second kappa shape index (κ2) is 7.58. The van der Waals surface area contributed by atoms with E-state index in [9.17, 15) is 18.8 Å². The van der Waals surface area contributed by atoms with Crippen molar-refractivity contribution in [3.63, 3.8) is 0 Å². The molecule has 0 saturated carbocycles. The van der Waals surface area contributed by atoms with Crippen molar-refractivity contribution in [2.24, 2.45) is 5.73 Å². The lowest BCUT2D eigenvalue weighted by Crippen LogP contribution is -2.43. The van der Waals surface area contributed by atoms with E-state index in [1.165, 1.54) is 12.1 Å². The summed E-state index contributed by atoms with van der Waals surface area (Å²) in [6.45, 7) is 0. The second-order valence-corrected chi connectivity index (χ2v) is 4.95. The number of anilines is 1. The predicted molar refractivity (Wildman–Crippen MR) is 76.1 cm³/mol. The molecular formula is C12H13BrFN3O4. The number of carbonyl (C=O) groups is 3. The third kappa shape index (κ3) is 5.38. The van der Waals surface area contributed by atoms with Crippen LogP contribution in [-0.4, -0.2) is 29.1 Å². The second-order valence-electron chi connectivity index (χ2n) is 4.09. The molecule has 21 heavy (non-hydrogen) atoms. The zero-order valence-corrected chi connectivity index (χ0v) is 12.3. The molecule has 0 unspecified atom stereocenters. The van der Waals surface area contributed by atoms with Crippen molar-refractivity contribution >= 4 is 39.5 Å². The number of rotatable bonds is 6. The highest BCUT2D eigenvalue weighted by molar-refractivity contribution is 9.10. The molecule has 1 atom stereocenters. The van der Waals surface area contributed by atoms with Gasteiger partial charge >= 0.3 is 12.0 Å². The maximum atomic E-state index is 13.5. The number of aliphatic carboxylic acids is 1. The van der Waals surface area contributed by atoms with Crippen LogP contribution in [-0.2, 0) is 9.59 Å². The summed E-state index contributed by atoms with van der Waals surface area (Å²) in [7, 11) is 0. The summed E-state index contributed by atoms with van der Waals surface area (Å²) in [5.41, 5.74) is 4.80. The van der Waals surface area contributed by atoms with Crippen molar-refractivity contribution in [2.45, 2.75) is 18.9 Å². The number of para-hydroxylation sites is 1. The molecule has 9 heteroatoms. The first kappa shape index (κ1) is 16.9.